The molecule has 0 unspecified atom stereocenters. The summed E-state index contributed by atoms with van der Waals surface area (Å²) in [6.07, 6.45) is 1.92. The number of aryl methyl sites for hydroxylation is 1. The predicted octanol–water partition coefficient (Wildman–Crippen LogP) is 2.99. The molecular weight excluding hydrogens is 290 g/mol. The SMILES string of the molecule is O=C(CCn1nc(Cl)c2ccccc21)NCc1ccco1. The second-order valence-corrected chi connectivity index (χ2v) is 5.00. The van der Waals surface area contributed by atoms with Crippen molar-refractivity contribution in [3.8, 4) is 0 Å². The Labute approximate surface area is 126 Å². The van der Waals surface area contributed by atoms with Crippen LogP contribution in [0.5, 0.6) is 0 Å². The summed E-state index contributed by atoms with van der Waals surface area (Å²) >= 11 is 6.08. The number of furan rings is 1. The lowest BCUT2D eigenvalue weighted by atomic mass is 10.2. The number of aromatic nitrogens is 2. The summed E-state index contributed by atoms with van der Waals surface area (Å²) in [5.41, 5.74) is 0.932. The highest BCUT2D eigenvalue weighted by molar-refractivity contribution is 6.34. The fourth-order valence-corrected chi connectivity index (χ4v) is 2.40. The average molecular weight is 304 g/mol. The van der Waals surface area contributed by atoms with E-state index in [0.717, 1.165) is 16.7 Å². The van der Waals surface area contributed by atoms with Gasteiger partial charge in [0.05, 0.1) is 24.9 Å². The molecule has 21 heavy (non-hydrogen) atoms. The molecule has 6 heteroatoms. The Hall–Kier alpha value is -2.27. The molecule has 3 aromatic rings. The third-order valence-corrected chi connectivity index (χ3v) is 3.48. The molecule has 1 aromatic carbocycles. The van der Waals surface area contributed by atoms with Crippen molar-refractivity contribution in [2.75, 3.05) is 0 Å². The van der Waals surface area contributed by atoms with Gasteiger partial charge in [0.25, 0.3) is 0 Å². The average Bonchev–Trinajstić information content (AvgIpc) is 3.12. The van der Waals surface area contributed by atoms with E-state index in [9.17, 15) is 4.79 Å². The first-order valence-corrected chi connectivity index (χ1v) is 7.02. The number of rotatable bonds is 5. The number of nitrogens with one attached hydrogen (secondary N) is 1. The van der Waals surface area contributed by atoms with Crippen LogP contribution in [0.4, 0.5) is 0 Å². The normalized spacial score (nSPS) is 10.9. The molecule has 108 valence electrons. The van der Waals surface area contributed by atoms with Gasteiger partial charge in [0.2, 0.25) is 5.91 Å². The summed E-state index contributed by atoms with van der Waals surface area (Å²) < 4.78 is 6.91. The van der Waals surface area contributed by atoms with Gasteiger partial charge in [-0.05, 0) is 24.3 Å². The van der Waals surface area contributed by atoms with Crippen LogP contribution >= 0.6 is 11.6 Å². The fraction of sp³-hybridized carbons (Fsp3) is 0.200. The number of amides is 1. The number of halogens is 1. The molecule has 0 saturated carbocycles. The third-order valence-electron chi connectivity index (χ3n) is 3.20. The molecule has 0 aliphatic carbocycles. The molecular formula is C15H14ClN3O2. The van der Waals surface area contributed by atoms with Gasteiger partial charge in [0, 0.05) is 11.8 Å². The third kappa shape index (κ3) is 3.08. The van der Waals surface area contributed by atoms with E-state index in [0.29, 0.717) is 24.7 Å². The molecule has 0 spiro atoms. The van der Waals surface area contributed by atoms with E-state index in [-0.39, 0.29) is 5.91 Å². The molecule has 0 atom stereocenters. The number of benzene rings is 1. The van der Waals surface area contributed by atoms with Gasteiger partial charge in [-0.15, -0.1) is 0 Å². The molecule has 0 aliphatic heterocycles. The Morgan fingerprint density at radius 1 is 1.29 bits per heavy atom. The lowest BCUT2D eigenvalue weighted by Gasteiger charge is -2.04. The zero-order chi connectivity index (χ0) is 14.7. The van der Waals surface area contributed by atoms with Gasteiger partial charge in [0.1, 0.15) is 5.76 Å². The monoisotopic (exact) mass is 303 g/mol. The number of nitrogens with zero attached hydrogens (tertiary/aromatic N) is 2. The summed E-state index contributed by atoms with van der Waals surface area (Å²) in [7, 11) is 0. The minimum atomic E-state index is -0.0536. The van der Waals surface area contributed by atoms with Crippen LogP contribution in [0.2, 0.25) is 5.15 Å². The van der Waals surface area contributed by atoms with Crippen LogP contribution in [0, 0.1) is 0 Å². The Bertz CT molecular complexity index is 749. The highest BCUT2D eigenvalue weighted by Gasteiger charge is 2.09. The number of carbonyl (C=O) groups excluding carboxylic acids is 1. The molecule has 3 rings (SSSR count). The molecule has 0 bridgehead atoms. The van der Waals surface area contributed by atoms with Crippen molar-refractivity contribution in [2.45, 2.75) is 19.5 Å². The zero-order valence-corrected chi connectivity index (χ0v) is 12.0. The highest BCUT2D eigenvalue weighted by atomic mass is 35.5. The van der Waals surface area contributed by atoms with Gasteiger partial charge in [-0.1, -0.05) is 23.7 Å². The van der Waals surface area contributed by atoms with Crippen molar-refractivity contribution in [2.24, 2.45) is 0 Å². The van der Waals surface area contributed by atoms with Crippen LogP contribution in [0.15, 0.2) is 47.1 Å². The number of fused-ring (bicyclic) bond motifs is 1. The molecule has 0 aliphatic rings. The van der Waals surface area contributed by atoms with Gasteiger partial charge in [-0.25, -0.2) is 0 Å². The second kappa shape index (κ2) is 6.01. The number of para-hydroxylation sites is 1. The number of hydrogen-bond acceptors (Lipinski definition) is 3. The van der Waals surface area contributed by atoms with Crippen molar-refractivity contribution in [1.29, 1.82) is 0 Å². The zero-order valence-electron chi connectivity index (χ0n) is 11.3. The molecule has 1 N–H and O–H groups in total. The summed E-state index contributed by atoms with van der Waals surface area (Å²) in [5, 5.41) is 8.42. The Kier molecular flexibility index (Phi) is 3.92. The largest absolute Gasteiger partial charge is 0.467 e. The van der Waals surface area contributed by atoms with Gasteiger partial charge in [0.15, 0.2) is 5.15 Å². The smallest absolute Gasteiger partial charge is 0.222 e. The summed E-state index contributed by atoms with van der Waals surface area (Å²) in [6, 6.07) is 11.3. The predicted molar refractivity (Wildman–Crippen MR) is 79.9 cm³/mol. The van der Waals surface area contributed by atoms with Crippen molar-refractivity contribution in [3.63, 3.8) is 0 Å². The maximum atomic E-state index is 11.8. The number of hydrogen-bond donors (Lipinski definition) is 1. The molecule has 2 heterocycles. The first-order chi connectivity index (χ1) is 10.2. The standard InChI is InChI=1S/C15H14ClN3O2/c16-15-12-5-1-2-6-13(12)19(18-15)8-7-14(20)17-10-11-4-3-9-21-11/h1-6,9H,7-8,10H2,(H,17,20). The van der Waals surface area contributed by atoms with E-state index in [1.807, 2.05) is 30.3 Å². The molecule has 2 aromatic heterocycles. The molecule has 0 fully saturated rings. The summed E-state index contributed by atoms with van der Waals surface area (Å²) in [6.45, 7) is 0.879. The molecule has 0 saturated heterocycles. The maximum absolute atomic E-state index is 11.8. The van der Waals surface area contributed by atoms with Crippen LogP contribution in [-0.4, -0.2) is 15.7 Å². The maximum Gasteiger partial charge on any atom is 0.222 e. The Morgan fingerprint density at radius 3 is 2.95 bits per heavy atom. The van der Waals surface area contributed by atoms with Crippen molar-refractivity contribution in [3.05, 3.63) is 53.6 Å². The van der Waals surface area contributed by atoms with E-state index < -0.39 is 0 Å². The van der Waals surface area contributed by atoms with Crippen LogP contribution < -0.4 is 5.32 Å². The lowest BCUT2D eigenvalue weighted by molar-refractivity contribution is -0.121. The highest BCUT2D eigenvalue weighted by Crippen LogP contribution is 2.22. The fourth-order valence-electron chi connectivity index (χ4n) is 2.15. The van der Waals surface area contributed by atoms with Crippen molar-refractivity contribution >= 4 is 28.4 Å². The van der Waals surface area contributed by atoms with Gasteiger partial charge < -0.3 is 9.73 Å². The van der Waals surface area contributed by atoms with E-state index in [4.69, 9.17) is 16.0 Å². The number of carbonyl (C=O) groups is 1. The minimum Gasteiger partial charge on any atom is -0.467 e. The first kappa shape index (κ1) is 13.7. The van der Waals surface area contributed by atoms with E-state index >= 15 is 0 Å². The minimum absolute atomic E-state index is 0.0536. The van der Waals surface area contributed by atoms with Crippen LogP contribution in [-0.2, 0) is 17.9 Å². The van der Waals surface area contributed by atoms with Crippen molar-refractivity contribution in [1.82, 2.24) is 15.1 Å². The van der Waals surface area contributed by atoms with Gasteiger partial charge in [-0.3, -0.25) is 9.48 Å². The summed E-state index contributed by atoms with van der Waals surface area (Å²) in [4.78, 5) is 11.8. The Balaban J connectivity index is 1.60. The lowest BCUT2D eigenvalue weighted by Crippen LogP contribution is -2.23. The van der Waals surface area contributed by atoms with Crippen LogP contribution in [0.25, 0.3) is 10.9 Å². The summed E-state index contributed by atoms with van der Waals surface area (Å²) in [5.74, 6) is 0.679. The van der Waals surface area contributed by atoms with E-state index in [1.54, 1.807) is 17.0 Å². The topological polar surface area (TPSA) is 60.1 Å². The molecule has 5 nitrogen and oxygen atoms in total. The quantitative estimate of drug-likeness (QED) is 0.788. The van der Waals surface area contributed by atoms with Crippen LogP contribution in [0.3, 0.4) is 0 Å². The van der Waals surface area contributed by atoms with Crippen LogP contribution in [0.1, 0.15) is 12.2 Å². The Morgan fingerprint density at radius 2 is 2.14 bits per heavy atom. The van der Waals surface area contributed by atoms with Gasteiger partial charge >= 0.3 is 0 Å². The molecule has 0 radical (unpaired) electrons. The van der Waals surface area contributed by atoms with E-state index in [2.05, 4.69) is 10.4 Å². The second-order valence-electron chi connectivity index (χ2n) is 4.64. The first-order valence-electron chi connectivity index (χ1n) is 6.64. The van der Waals surface area contributed by atoms with E-state index in [1.165, 1.54) is 0 Å². The van der Waals surface area contributed by atoms with Crippen molar-refractivity contribution < 1.29 is 9.21 Å². The molecule has 1 amide bonds. The van der Waals surface area contributed by atoms with Gasteiger partial charge in [-0.2, -0.15) is 5.10 Å².